The summed E-state index contributed by atoms with van der Waals surface area (Å²) in [6.07, 6.45) is 2.07. The van der Waals surface area contributed by atoms with E-state index in [9.17, 15) is 0 Å². The highest BCUT2D eigenvalue weighted by atomic mass is 32.2. The second-order valence-electron chi connectivity index (χ2n) is 4.52. The largest absolute Gasteiger partial charge is 0.497 e. The fourth-order valence-electron chi connectivity index (χ4n) is 1.23. The molecule has 1 rings (SSSR count). The van der Waals surface area contributed by atoms with Crippen molar-refractivity contribution in [2.45, 2.75) is 18.6 Å². The Morgan fingerprint density at radius 1 is 1.50 bits per heavy atom. The van der Waals surface area contributed by atoms with E-state index in [2.05, 4.69) is 30.4 Å². The SMILES string of the molecule is COc1cccc(NC(N)=NCC(C)(C)SC)c1. The first-order valence-corrected chi connectivity index (χ1v) is 6.95. The minimum Gasteiger partial charge on any atom is -0.497 e. The number of methoxy groups -OCH3 is 1. The molecule has 0 fully saturated rings. The second kappa shape index (κ2) is 6.54. The molecule has 0 aromatic heterocycles. The first-order chi connectivity index (χ1) is 8.46. The molecule has 0 aliphatic heterocycles. The van der Waals surface area contributed by atoms with Crippen molar-refractivity contribution in [3.63, 3.8) is 0 Å². The van der Waals surface area contributed by atoms with Crippen molar-refractivity contribution < 1.29 is 4.74 Å². The number of guanidine groups is 1. The van der Waals surface area contributed by atoms with Crippen LogP contribution >= 0.6 is 11.8 Å². The number of hydrogen-bond acceptors (Lipinski definition) is 3. The van der Waals surface area contributed by atoms with E-state index < -0.39 is 0 Å². The number of rotatable bonds is 5. The summed E-state index contributed by atoms with van der Waals surface area (Å²) in [5.74, 6) is 1.21. The number of hydrogen-bond donors (Lipinski definition) is 2. The lowest BCUT2D eigenvalue weighted by Crippen LogP contribution is -2.27. The molecule has 0 saturated heterocycles. The quantitative estimate of drug-likeness (QED) is 0.636. The molecule has 0 atom stereocenters. The van der Waals surface area contributed by atoms with Crippen LogP contribution in [0.4, 0.5) is 5.69 Å². The molecule has 0 amide bonds. The lowest BCUT2D eigenvalue weighted by molar-refractivity contribution is 0.415. The number of aliphatic imine (C=N–C) groups is 1. The monoisotopic (exact) mass is 267 g/mol. The van der Waals surface area contributed by atoms with Crippen molar-refractivity contribution in [2.75, 3.05) is 25.2 Å². The molecule has 0 radical (unpaired) electrons. The highest BCUT2D eigenvalue weighted by molar-refractivity contribution is 7.99. The van der Waals surface area contributed by atoms with Gasteiger partial charge in [0.1, 0.15) is 5.75 Å². The summed E-state index contributed by atoms with van der Waals surface area (Å²) in [4.78, 5) is 4.34. The van der Waals surface area contributed by atoms with E-state index in [0.717, 1.165) is 11.4 Å². The van der Waals surface area contributed by atoms with Crippen LogP contribution in [-0.2, 0) is 0 Å². The Kier molecular flexibility index (Phi) is 5.34. The van der Waals surface area contributed by atoms with E-state index in [4.69, 9.17) is 10.5 Å². The van der Waals surface area contributed by atoms with Crippen LogP contribution in [0.3, 0.4) is 0 Å². The predicted octanol–water partition coefficient (Wildman–Crippen LogP) is 2.56. The van der Waals surface area contributed by atoms with Crippen LogP contribution in [0.25, 0.3) is 0 Å². The summed E-state index contributed by atoms with van der Waals surface area (Å²) in [7, 11) is 1.64. The molecule has 0 saturated carbocycles. The first kappa shape index (κ1) is 14.7. The Hall–Kier alpha value is -1.36. The van der Waals surface area contributed by atoms with Crippen LogP contribution in [0.2, 0.25) is 0 Å². The van der Waals surface area contributed by atoms with Gasteiger partial charge in [-0.2, -0.15) is 11.8 Å². The van der Waals surface area contributed by atoms with Crippen LogP contribution < -0.4 is 15.8 Å². The highest BCUT2D eigenvalue weighted by Crippen LogP contribution is 2.21. The third-order valence-corrected chi connectivity index (χ3v) is 3.76. The highest BCUT2D eigenvalue weighted by Gasteiger charge is 2.14. The maximum Gasteiger partial charge on any atom is 0.193 e. The Balaban J connectivity index is 2.63. The molecule has 3 N–H and O–H groups in total. The third kappa shape index (κ3) is 4.87. The molecule has 18 heavy (non-hydrogen) atoms. The van der Waals surface area contributed by atoms with Crippen molar-refractivity contribution in [3.05, 3.63) is 24.3 Å². The number of thioether (sulfide) groups is 1. The van der Waals surface area contributed by atoms with E-state index >= 15 is 0 Å². The minimum absolute atomic E-state index is 0.0979. The minimum atomic E-state index is 0.0979. The molecular weight excluding hydrogens is 246 g/mol. The molecule has 1 aromatic carbocycles. The molecule has 0 heterocycles. The van der Waals surface area contributed by atoms with Gasteiger partial charge in [-0.1, -0.05) is 6.07 Å². The normalized spacial score (nSPS) is 12.3. The van der Waals surface area contributed by atoms with Gasteiger partial charge in [0, 0.05) is 16.5 Å². The number of nitrogens with zero attached hydrogens (tertiary/aromatic N) is 1. The fourth-order valence-corrected chi connectivity index (χ4v) is 1.42. The van der Waals surface area contributed by atoms with Crippen molar-refractivity contribution in [1.29, 1.82) is 0 Å². The summed E-state index contributed by atoms with van der Waals surface area (Å²) in [5.41, 5.74) is 6.72. The lowest BCUT2D eigenvalue weighted by Gasteiger charge is -2.19. The van der Waals surface area contributed by atoms with Gasteiger partial charge >= 0.3 is 0 Å². The Bertz CT molecular complexity index is 418. The smallest absolute Gasteiger partial charge is 0.193 e. The molecule has 0 aliphatic carbocycles. The van der Waals surface area contributed by atoms with Crippen LogP contribution in [0.1, 0.15) is 13.8 Å². The van der Waals surface area contributed by atoms with Gasteiger partial charge < -0.3 is 15.8 Å². The average molecular weight is 267 g/mol. The second-order valence-corrected chi connectivity index (χ2v) is 6.04. The summed E-state index contributed by atoms with van der Waals surface area (Å²) in [5, 5.41) is 3.05. The van der Waals surface area contributed by atoms with E-state index in [1.54, 1.807) is 18.9 Å². The number of nitrogens with two attached hydrogens (primary N) is 1. The standard InChI is InChI=1S/C13H21N3OS/c1-13(2,18-4)9-15-12(14)16-10-6-5-7-11(8-10)17-3/h5-8H,9H2,1-4H3,(H3,14,15,16). The maximum absolute atomic E-state index is 5.85. The van der Waals surface area contributed by atoms with Crippen molar-refractivity contribution in [3.8, 4) is 5.75 Å². The van der Waals surface area contributed by atoms with Gasteiger partial charge in [0.25, 0.3) is 0 Å². The zero-order valence-corrected chi connectivity index (χ0v) is 12.2. The van der Waals surface area contributed by atoms with Crippen LogP contribution in [0.5, 0.6) is 5.75 Å². The van der Waals surface area contributed by atoms with Gasteiger partial charge in [-0.25, -0.2) is 0 Å². The van der Waals surface area contributed by atoms with Crippen LogP contribution in [0, 0.1) is 0 Å². The van der Waals surface area contributed by atoms with Gasteiger partial charge in [0.2, 0.25) is 0 Å². The Morgan fingerprint density at radius 3 is 2.83 bits per heavy atom. The molecule has 0 unspecified atom stereocenters. The average Bonchev–Trinajstić information content (AvgIpc) is 2.37. The molecule has 0 aliphatic rings. The first-order valence-electron chi connectivity index (χ1n) is 5.73. The number of nitrogens with one attached hydrogen (secondary N) is 1. The molecule has 100 valence electrons. The lowest BCUT2D eigenvalue weighted by atomic mass is 10.2. The van der Waals surface area contributed by atoms with Crippen molar-refractivity contribution >= 4 is 23.4 Å². The molecule has 4 nitrogen and oxygen atoms in total. The van der Waals surface area contributed by atoms with Crippen molar-refractivity contribution in [2.24, 2.45) is 10.7 Å². The van der Waals surface area contributed by atoms with Gasteiger partial charge in [-0.3, -0.25) is 4.99 Å². The number of anilines is 1. The number of benzene rings is 1. The van der Waals surface area contributed by atoms with Gasteiger partial charge in [-0.05, 0) is 32.2 Å². The van der Waals surface area contributed by atoms with E-state index in [1.165, 1.54) is 0 Å². The van der Waals surface area contributed by atoms with Gasteiger partial charge in [0.15, 0.2) is 5.96 Å². The van der Waals surface area contributed by atoms with Crippen LogP contribution in [0.15, 0.2) is 29.3 Å². The maximum atomic E-state index is 5.85. The van der Waals surface area contributed by atoms with Gasteiger partial charge in [0.05, 0.1) is 13.7 Å². The van der Waals surface area contributed by atoms with E-state index in [-0.39, 0.29) is 4.75 Å². The summed E-state index contributed by atoms with van der Waals surface area (Å²) >= 11 is 1.77. The summed E-state index contributed by atoms with van der Waals surface area (Å²) in [6, 6.07) is 7.59. The number of ether oxygens (including phenoxy) is 1. The van der Waals surface area contributed by atoms with E-state index in [0.29, 0.717) is 12.5 Å². The summed E-state index contributed by atoms with van der Waals surface area (Å²) < 4.78 is 5.24. The van der Waals surface area contributed by atoms with Gasteiger partial charge in [-0.15, -0.1) is 0 Å². The molecule has 0 spiro atoms. The Morgan fingerprint density at radius 2 is 2.22 bits per heavy atom. The zero-order valence-electron chi connectivity index (χ0n) is 11.4. The summed E-state index contributed by atoms with van der Waals surface area (Å²) in [6.45, 7) is 4.96. The predicted molar refractivity (Wildman–Crippen MR) is 80.7 cm³/mol. The van der Waals surface area contributed by atoms with Crippen LogP contribution in [-0.4, -0.2) is 30.6 Å². The molecule has 1 aromatic rings. The zero-order chi connectivity index (χ0) is 13.6. The fraction of sp³-hybridized carbons (Fsp3) is 0.462. The van der Waals surface area contributed by atoms with E-state index in [1.807, 2.05) is 24.3 Å². The van der Waals surface area contributed by atoms with Crippen molar-refractivity contribution in [1.82, 2.24) is 0 Å². The molecule has 5 heteroatoms. The third-order valence-electron chi connectivity index (χ3n) is 2.52. The molecular formula is C13H21N3OS. The Labute approximate surface area is 113 Å². The topological polar surface area (TPSA) is 59.6 Å². The molecule has 0 bridgehead atoms.